The number of hydrogen-bond acceptors (Lipinski definition) is 3. The summed E-state index contributed by atoms with van der Waals surface area (Å²) in [6.45, 7) is 0. The first-order chi connectivity index (χ1) is 9.18. The standard InChI is InChI=1S/C15H17NO3/c17-14(15-11-6-2-3-7-12(11)15)9-10-5-1-4-8-13(10)16(18)19/h1,4-5,8,11-12,15H,2-3,6-7,9H2. The van der Waals surface area contributed by atoms with Crippen molar-refractivity contribution in [2.75, 3.05) is 0 Å². The first-order valence-corrected chi connectivity index (χ1v) is 6.93. The van der Waals surface area contributed by atoms with Crippen LogP contribution in [-0.4, -0.2) is 10.7 Å². The van der Waals surface area contributed by atoms with Gasteiger partial charge in [-0.05, 0) is 24.7 Å². The van der Waals surface area contributed by atoms with Crippen LogP contribution in [0.3, 0.4) is 0 Å². The zero-order chi connectivity index (χ0) is 13.4. The number of nitrogens with zero attached hydrogens (tertiary/aromatic N) is 1. The Morgan fingerprint density at radius 3 is 2.47 bits per heavy atom. The van der Waals surface area contributed by atoms with Crippen molar-refractivity contribution in [1.82, 2.24) is 0 Å². The molecule has 3 rings (SSSR count). The molecule has 0 saturated heterocycles. The summed E-state index contributed by atoms with van der Waals surface area (Å²) in [5.74, 6) is 1.53. The second-order valence-electron chi connectivity index (χ2n) is 5.67. The van der Waals surface area contributed by atoms with Gasteiger partial charge in [-0.3, -0.25) is 14.9 Å². The highest BCUT2D eigenvalue weighted by atomic mass is 16.6. The molecule has 100 valence electrons. The summed E-state index contributed by atoms with van der Waals surface area (Å²) >= 11 is 0. The second kappa shape index (κ2) is 4.76. The van der Waals surface area contributed by atoms with Gasteiger partial charge < -0.3 is 0 Å². The molecule has 0 aromatic heterocycles. The van der Waals surface area contributed by atoms with E-state index in [4.69, 9.17) is 0 Å². The molecule has 4 heteroatoms. The number of benzene rings is 1. The number of fused-ring (bicyclic) bond motifs is 1. The number of carbonyl (C=O) groups is 1. The molecule has 2 saturated carbocycles. The van der Waals surface area contributed by atoms with Crippen LogP contribution in [-0.2, 0) is 11.2 Å². The molecule has 1 aromatic carbocycles. The van der Waals surface area contributed by atoms with Crippen LogP contribution in [0, 0.1) is 27.9 Å². The van der Waals surface area contributed by atoms with Crippen LogP contribution < -0.4 is 0 Å². The van der Waals surface area contributed by atoms with Gasteiger partial charge in [0, 0.05) is 24.0 Å². The van der Waals surface area contributed by atoms with Crippen molar-refractivity contribution in [3.05, 3.63) is 39.9 Å². The zero-order valence-electron chi connectivity index (χ0n) is 10.7. The highest BCUT2D eigenvalue weighted by Crippen LogP contribution is 2.56. The van der Waals surface area contributed by atoms with Crippen molar-refractivity contribution >= 4 is 11.5 Å². The summed E-state index contributed by atoms with van der Waals surface area (Å²) in [6, 6.07) is 6.57. The van der Waals surface area contributed by atoms with Gasteiger partial charge in [0.25, 0.3) is 5.69 Å². The molecule has 2 unspecified atom stereocenters. The van der Waals surface area contributed by atoms with Gasteiger partial charge in [-0.2, -0.15) is 0 Å². The van der Waals surface area contributed by atoms with Gasteiger partial charge >= 0.3 is 0 Å². The van der Waals surface area contributed by atoms with Gasteiger partial charge in [-0.25, -0.2) is 0 Å². The molecule has 0 spiro atoms. The number of carbonyl (C=O) groups excluding carboxylic acids is 1. The Morgan fingerprint density at radius 2 is 1.84 bits per heavy atom. The summed E-state index contributed by atoms with van der Waals surface area (Å²) < 4.78 is 0. The van der Waals surface area contributed by atoms with Crippen molar-refractivity contribution in [3.63, 3.8) is 0 Å². The van der Waals surface area contributed by atoms with E-state index in [1.54, 1.807) is 18.2 Å². The van der Waals surface area contributed by atoms with E-state index in [0.717, 1.165) is 12.8 Å². The SMILES string of the molecule is O=C(Cc1ccccc1[N+](=O)[O-])C1C2CCCCC21. The van der Waals surface area contributed by atoms with E-state index in [1.165, 1.54) is 18.9 Å². The Hall–Kier alpha value is -1.71. The third kappa shape index (κ3) is 2.27. The van der Waals surface area contributed by atoms with E-state index in [-0.39, 0.29) is 23.8 Å². The van der Waals surface area contributed by atoms with Crippen LogP contribution in [0.5, 0.6) is 0 Å². The van der Waals surface area contributed by atoms with E-state index in [2.05, 4.69) is 0 Å². The summed E-state index contributed by atoms with van der Waals surface area (Å²) in [5, 5.41) is 10.9. The normalized spacial score (nSPS) is 28.5. The number of hydrogen-bond donors (Lipinski definition) is 0. The monoisotopic (exact) mass is 259 g/mol. The maximum atomic E-state index is 12.3. The molecule has 0 radical (unpaired) electrons. The van der Waals surface area contributed by atoms with Gasteiger partial charge in [0.1, 0.15) is 5.78 Å². The minimum Gasteiger partial charge on any atom is -0.299 e. The maximum Gasteiger partial charge on any atom is 0.273 e. The zero-order valence-corrected chi connectivity index (χ0v) is 10.7. The van der Waals surface area contributed by atoms with Gasteiger partial charge in [0.2, 0.25) is 0 Å². The fraction of sp³-hybridized carbons (Fsp3) is 0.533. The Balaban J connectivity index is 1.72. The first kappa shape index (κ1) is 12.3. The van der Waals surface area contributed by atoms with Gasteiger partial charge in [0.15, 0.2) is 0 Å². The third-order valence-corrected chi connectivity index (χ3v) is 4.58. The molecule has 2 atom stereocenters. The maximum absolute atomic E-state index is 12.3. The molecular weight excluding hydrogens is 242 g/mol. The molecule has 4 nitrogen and oxygen atoms in total. The first-order valence-electron chi connectivity index (χ1n) is 6.93. The lowest BCUT2D eigenvalue weighted by Crippen LogP contribution is -2.09. The topological polar surface area (TPSA) is 60.2 Å². The van der Waals surface area contributed by atoms with Crippen LogP contribution in [0.2, 0.25) is 0 Å². The lowest BCUT2D eigenvalue weighted by molar-refractivity contribution is -0.385. The molecule has 0 amide bonds. The van der Waals surface area contributed by atoms with Gasteiger partial charge in [-0.15, -0.1) is 0 Å². The van der Waals surface area contributed by atoms with Crippen LogP contribution in [0.15, 0.2) is 24.3 Å². The molecule has 2 fully saturated rings. The van der Waals surface area contributed by atoms with Crippen LogP contribution in [0.1, 0.15) is 31.2 Å². The van der Waals surface area contributed by atoms with Crippen molar-refractivity contribution in [2.45, 2.75) is 32.1 Å². The molecule has 0 N–H and O–H groups in total. The van der Waals surface area contributed by atoms with Gasteiger partial charge in [0.05, 0.1) is 4.92 Å². The van der Waals surface area contributed by atoms with Crippen molar-refractivity contribution in [3.8, 4) is 0 Å². The Labute approximate surface area is 112 Å². The fourth-order valence-electron chi connectivity index (χ4n) is 3.61. The van der Waals surface area contributed by atoms with Crippen molar-refractivity contribution in [1.29, 1.82) is 0 Å². The van der Waals surface area contributed by atoms with E-state index in [9.17, 15) is 14.9 Å². The number of para-hydroxylation sites is 1. The molecule has 2 aliphatic rings. The lowest BCUT2D eigenvalue weighted by atomic mass is 10.0. The van der Waals surface area contributed by atoms with Crippen LogP contribution in [0.25, 0.3) is 0 Å². The molecule has 19 heavy (non-hydrogen) atoms. The van der Waals surface area contributed by atoms with Crippen LogP contribution >= 0.6 is 0 Å². The lowest BCUT2D eigenvalue weighted by Gasteiger charge is -2.04. The summed E-state index contributed by atoms with van der Waals surface area (Å²) in [4.78, 5) is 22.8. The fourth-order valence-corrected chi connectivity index (χ4v) is 3.61. The molecule has 0 bridgehead atoms. The van der Waals surface area contributed by atoms with E-state index in [0.29, 0.717) is 17.4 Å². The highest BCUT2D eigenvalue weighted by Gasteiger charge is 2.54. The van der Waals surface area contributed by atoms with E-state index in [1.807, 2.05) is 0 Å². The Bertz CT molecular complexity index is 514. The summed E-state index contributed by atoms with van der Waals surface area (Å²) in [6.07, 6.45) is 5.01. The van der Waals surface area contributed by atoms with Crippen molar-refractivity contribution in [2.24, 2.45) is 17.8 Å². The van der Waals surface area contributed by atoms with E-state index < -0.39 is 4.92 Å². The number of nitro groups is 1. The molecule has 0 aliphatic heterocycles. The predicted molar refractivity (Wildman–Crippen MR) is 70.7 cm³/mol. The second-order valence-corrected chi connectivity index (χ2v) is 5.67. The Morgan fingerprint density at radius 1 is 1.21 bits per heavy atom. The largest absolute Gasteiger partial charge is 0.299 e. The molecule has 2 aliphatic carbocycles. The average Bonchev–Trinajstić information content (AvgIpc) is 3.13. The highest BCUT2D eigenvalue weighted by molar-refractivity contribution is 5.87. The Kier molecular flexibility index (Phi) is 3.09. The number of rotatable bonds is 4. The van der Waals surface area contributed by atoms with Gasteiger partial charge in [-0.1, -0.05) is 31.0 Å². The van der Waals surface area contributed by atoms with E-state index >= 15 is 0 Å². The van der Waals surface area contributed by atoms with Crippen molar-refractivity contribution < 1.29 is 9.72 Å². The molecule has 1 aromatic rings. The molecule has 0 heterocycles. The average molecular weight is 259 g/mol. The minimum atomic E-state index is -0.400. The summed E-state index contributed by atoms with van der Waals surface area (Å²) in [7, 11) is 0. The summed E-state index contributed by atoms with van der Waals surface area (Å²) in [5.41, 5.74) is 0.626. The molecular formula is C15H17NO3. The predicted octanol–water partition coefficient (Wildman–Crippen LogP) is 3.14. The smallest absolute Gasteiger partial charge is 0.273 e. The number of ketones is 1. The number of Topliss-reactive ketones (excluding diaryl/α,β-unsaturated/α-hetero) is 1. The number of nitro benzene ring substituents is 1. The third-order valence-electron chi connectivity index (χ3n) is 4.58. The quantitative estimate of drug-likeness (QED) is 0.616. The van der Waals surface area contributed by atoms with Crippen LogP contribution in [0.4, 0.5) is 5.69 Å². The minimum absolute atomic E-state index is 0.0690.